The number of benzene rings is 2. The highest BCUT2D eigenvalue weighted by Crippen LogP contribution is 2.28. The van der Waals surface area contributed by atoms with E-state index in [4.69, 9.17) is 17.3 Å². The number of halogens is 1. The maximum atomic E-state index is 12.2. The normalized spacial score (nSPS) is 11.1. The van der Waals surface area contributed by atoms with Crippen LogP contribution in [0, 0.1) is 10.1 Å². The van der Waals surface area contributed by atoms with E-state index in [0.717, 1.165) is 12.1 Å². The van der Waals surface area contributed by atoms with E-state index in [1.54, 1.807) is 0 Å². The number of nitrogen functional groups attached to an aromatic ring is 1. The number of hydrogen-bond acceptors (Lipinski definition) is 5. The third-order valence-corrected chi connectivity index (χ3v) is 4.23. The second kappa shape index (κ2) is 5.58. The summed E-state index contributed by atoms with van der Waals surface area (Å²) in [5.41, 5.74) is 5.62. The Labute approximate surface area is 125 Å². The Kier molecular flexibility index (Phi) is 4.01. The van der Waals surface area contributed by atoms with Gasteiger partial charge in [0.1, 0.15) is 0 Å². The molecule has 0 aliphatic carbocycles. The van der Waals surface area contributed by atoms with Crippen LogP contribution in [0.15, 0.2) is 47.4 Å². The second-order valence-electron chi connectivity index (χ2n) is 4.10. The fourth-order valence-corrected chi connectivity index (χ4v) is 3.00. The monoisotopic (exact) mass is 327 g/mol. The standard InChI is InChI=1S/C12H10ClN3O4S/c13-8-1-6-12(11(7-8)16(17)18)21(19,20)15-10-4-2-9(14)3-5-10/h1-7,15H,14H2. The Morgan fingerprint density at radius 3 is 2.33 bits per heavy atom. The fraction of sp³-hybridized carbons (Fsp3) is 0. The van der Waals surface area contributed by atoms with Gasteiger partial charge in [0, 0.05) is 22.5 Å². The summed E-state index contributed by atoms with van der Waals surface area (Å²) in [4.78, 5) is 9.69. The maximum absolute atomic E-state index is 12.2. The van der Waals surface area contributed by atoms with Gasteiger partial charge in [-0.3, -0.25) is 14.8 Å². The van der Waals surface area contributed by atoms with E-state index in [9.17, 15) is 18.5 Å². The van der Waals surface area contributed by atoms with Gasteiger partial charge in [0.15, 0.2) is 4.90 Å². The summed E-state index contributed by atoms with van der Waals surface area (Å²) in [6, 6.07) is 9.26. The van der Waals surface area contributed by atoms with Crippen LogP contribution in [0.25, 0.3) is 0 Å². The van der Waals surface area contributed by atoms with Crippen molar-refractivity contribution in [1.82, 2.24) is 0 Å². The number of nitro groups is 1. The lowest BCUT2D eigenvalue weighted by Crippen LogP contribution is -2.14. The number of nitrogens with two attached hydrogens (primary N) is 1. The van der Waals surface area contributed by atoms with Crippen molar-refractivity contribution in [2.75, 3.05) is 10.5 Å². The van der Waals surface area contributed by atoms with Gasteiger partial charge in [0.05, 0.1) is 4.92 Å². The molecule has 9 heteroatoms. The molecule has 0 saturated carbocycles. The molecular weight excluding hydrogens is 318 g/mol. The maximum Gasteiger partial charge on any atom is 0.291 e. The molecule has 0 radical (unpaired) electrons. The minimum atomic E-state index is -4.11. The van der Waals surface area contributed by atoms with Crippen LogP contribution in [0.3, 0.4) is 0 Å². The highest BCUT2D eigenvalue weighted by molar-refractivity contribution is 7.92. The van der Waals surface area contributed by atoms with Crippen molar-refractivity contribution in [3.05, 3.63) is 57.6 Å². The number of nitrogens with one attached hydrogen (secondary N) is 1. The molecule has 0 atom stereocenters. The average Bonchev–Trinajstić information content (AvgIpc) is 2.40. The summed E-state index contributed by atoms with van der Waals surface area (Å²) in [6.45, 7) is 0. The molecule has 3 N–H and O–H groups in total. The molecule has 0 aromatic heterocycles. The predicted molar refractivity (Wildman–Crippen MR) is 79.8 cm³/mol. The van der Waals surface area contributed by atoms with E-state index >= 15 is 0 Å². The van der Waals surface area contributed by atoms with Gasteiger partial charge in [-0.25, -0.2) is 8.42 Å². The predicted octanol–water partition coefficient (Wildman–Crippen LogP) is 2.63. The summed E-state index contributed by atoms with van der Waals surface area (Å²) in [7, 11) is -4.11. The quantitative estimate of drug-likeness (QED) is 0.508. The number of hydrogen-bond donors (Lipinski definition) is 2. The van der Waals surface area contributed by atoms with E-state index in [2.05, 4.69) is 4.72 Å². The SMILES string of the molecule is Nc1ccc(NS(=O)(=O)c2ccc(Cl)cc2[N+](=O)[O-])cc1. The third kappa shape index (κ3) is 3.41. The number of anilines is 2. The minimum absolute atomic E-state index is 0.0770. The zero-order chi connectivity index (χ0) is 15.6. The van der Waals surface area contributed by atoms with Crippen LogP contribution < -0.4 is 10.5 Å². The number of sulfonamides is 1. The zero-order valence-electron chi connectivity index (χ0n) is 10.5. The first kappa shape index (κ1) is 15.1. The summed E-state index contributed by atoms with van der Waals surface area (Å²) < 4.78 is 26.7. The molecule has 110 valence electrons. The Morgan fingerprint density at radius 2 is 1.76 bits per heavy atom. The Hall–Kier alpha value is -2.32. The van der Waals surface area contributed by atoms with E-state index < -0.39 is 25.5 Å². The van der Waals surface area contributed by atoms with Gasteiger partial charge >= 0.3 is 0 Å². The Bertz CT molecular complexity index is 791. The highest BCUT2D eigenvalue weighted by Gasteiger charge is 2.26. The van der Waals surface area contributed by atoms with Crippen LogP contribution in [-0.4, -0.2) is 13.3 Å². The summed E-state index contributed by atoms with van der Waals surface area (Å²) >= 11 is 5.66. The molecule has 0 fully saturated rings. The van der Waals surface area contributed by atoms with E-state index in [0.29, 0.717) is 5.69 Å². The molecule has 0 aliphatic rings. The van der Waals surface area contributed by atoms with E-state index in [-0.39, 0.29) is 10.7 Å². The van der Waals surface area contributed by atoms with Gasteiger partial charge in [-0.15, -0.1) is 0 Å². The average molecular weight is 328 g/mol. The highest BCUT2D eigenvalue weighted by atomic mass is 35.5. The van der Waals surface area contributed by atoms with Gasteiger partial charge in [0.25, 0.3) is 15.7 Å². The molecule has 0 heterocycles. The molecule has 0 unspecified atom stereocenters. The lowest BCUT2D eigenvalue weighted by molar-refractivity contribution is -0.387. The van der Waals surface area contributed by atoms with Crippen molar-refractivity contribution in [2.45, 2.75) is 4.90 Å². The summed E-state index contributed by atoms with van der Waals surface area (Å²) in [5, 5.41) is 11.0. The van der Waals surface area contributed by atoms with Gasteiger partial charge in [0.2, 0.25) is 0 Å². The molecule has 21 heavy (non-hydrogen) atoms. The molecule has 2 aromatic carbocycles. The number of nitro benzene ring substituents is 1. The van der Waals surface area contributed by atoms with Crippen LogP contribution in [0.4, 0.5) is 17.1 Å². The fourth-order valence-electron chi connectivity index (χ4n) is 1.62. The van der Waals surface area contributed by atoms with Crippen molar-refractivity contribution in [3.8, 4) is 0 Å². The minimum Gasteiger partial charge on any atom is -0.399 e. The molecule has 0 bridgehead atoms. The van der Waals surface area contributed by atoms with Crippen molar-refractivity contribution < 1.29 is 13.3 Å². The number of nitrogens with zero attached hydrogens (tertiary/aromatic N) is 1. The molecule has 7 nitrogen and oxygen atoms in total. The van der Waals surface area contributed by atoms with Gasteiger partial charge in [-0.2, -0.15) is 0 Å². The van der Waals surface area contributed by atoms with Crippen molar-refractivity contribution in [1.29, 1.82) is 0 Å². The van der Waals surface area contributed by atoms with Crippen LogP contribution in [0.1, 0.15) is 0 Å². The summed E-state index contributed by atoms with van der Waals surface area (Å²) in [6.07, 6.45) is 0. The van der Waals surface area contributed by atoms with Crippen molar-refractivity contribution in [3.63, 3.8) is 0 Å². The van der Waals surface area contributed by atoms with Crippen LogP contribution >= 0.6 is 11.6 Å². The van der Waals surface area contributed by atoms with Gasteiger partial charge in [-0.05, 0) is 36.4 Å². The zero-order valence-corrected chi connectivity index (χ0v) is 12.1. The lowest BCUT2D eigenvalue weighted by atomic mass is 10.3. The third-order valence-electron chi connectivity index (χ3n) is 2.57. The Balaban J connectivity index is 2.44. The molecule has 0 amide bonds. The van der Waals surface area contributed by atoms with Gasteiger partial charge < -0.3 is 5.73 Å². The largest absolute Gasteiger partial charge is 0.399 e. The van der Waals surface area contributed by atoms with Crippen molar-refractivity contribution in [2.24, 2.45) is 0 Å². The second-order valence-corrected chi connectivity index (χ2v) is 6.18. The van der Waals surface area contributed by atoms with Crippen molar-refractivity contribution >= 4 is 38.7 Å². The molecule has 0 saturated heterocycles. The van der Waals surface area contributed by atoms with Crippen LogP contribution in [-0.2, 0) is 10.0 Å². The first-order valence-electron chi connectivity index (χ1n) is 5.62. The summed E-state index contributed by atoms with van der Waals surface area (Å²) in [5.74, 6) is 0. The first-order valence-corrected chi connectivity index (χ1v) is 7.48. The van der Waals surface area contributed by atoms with E-state index in [1.165, 1.54) is 30.3 Å². The number of rotatable bonds is 4. The topological polar surface area (TPSA) is 115 Å². The Morgan fingerprint density at radius 1 is 1.14 bits per heavy atom. The smallest absolute Gasteiger partial charge is 0.291 e. The lowest BCUT2D eigenvalue weighted by Gasteiger charge is -2.09. The first-order chi connectivity index (χ1) is 9.79. The molecule has 0 aliphatic heterocycles. The molecule has 2 rings (SSSR count). The van der Waals surface area contributed by atoms with E-state index in [1.807, 2.05) is 0 Å². The van der Waals surface area contributed by atoms with Gasteiger partial charge in [-0.1, -0.05) is 11.6 Å². The molecular formula is C12H10ClN3O4S. The molecule has 2 aromatic rings. The van der Waals surface area contributed by atoms with Crippen LogP contribution in [0.5, 0.6) is 0 Å². The van der Waals surface area contributed by atoms with Crippen LogP contribution in [0.2, 0.25) is 5.02 Å². The molecule has 0 spiro atoms.